The normalized spacial score (nSPS) is 13.1. The SMILES string of the molecule is CCC(=O)Nn1ccc2nc3ccn(Cc4ccc5c(c4)OCCCO5)c(=O)c3cc2c1=O. The minimum absolute atomic E-state index is 0.241. The van der Waals surface area contributed by atoms with Crippen LogP contribution in [0.25, 0.3) is 21.8 Å². The number of carbonyl (C=O) groups is 1. The summed E-state index contributed by atoms with van der Waals surface area (Å²) in [5, 5.41) is 0.586. The van der Waals surface area contributed by atoms with Crippen molar-refractivity contribution in [3.8, 4) is 11.5 Å². The third-order valence-corrected chi connectivity index (χ3v) is 5.55. The van der Waals surface area contributed by atoms with E-state index in [4.69, 9.17) is 9.47 Å². The van der Waals surface area contributed by atoms with Crippen LogP contribution in [0.2, 0.25) is 0 Å². The lowest BCUT2D eigenvalue weighted by molar-refractivity contribution is -0.116. The number of ether oxygens (including phenoxy) is 2. The number of nitrogens with one attached hydrogen (secondary N) is 1. The van der Waals surface area contributed by atoms with E-state index in [2.05, 4.69) is 10.4 Å². The number of rotatable bonds is 4. The molecule has 1 aliphatic heterocycles. The zero-order valence-electron chi connectivity index (χ0n) is 18.0. The quantitative estimate of drug-likeness (QED) is 0.483. The monoisotopic (exact) mass is 446 g/mol. The van der Waals surface area contributed by atoms with Gasteiger partial charge in [0, 0.05) is 25.2 Å². The molecule has 0 saturated heterocycles. The van der Waals surface area contributed by atoms with Crippen molar-refractivity contribution in [3.05, 3.63) is 75.1 Å². The second-order valence-corrected chi connectivity index (χ2v) is 7.81. The van der Waals surface area contributed by atoms with Crippen molar-refractivity contribution in [1.29, 1.82) is 0 Å². The minimum Gasteiger partial charge on any atom is -0.490 e. The van der Waals surface area contributed by atoms with Crippen molar-refractivity contribution < 1.29 is 14.3 Å². The number of benzene rings is 1. The van der Waals surface area contributed by atoms with E-state index < -0.39 is 5.56 Å². The van der Waals surface area contributed by atoms with Crippen LogP contribution in [0, 0.1) is 0 Å². The number of fused-ring (bicyclic) bond motifs is 3. The smallest absolute Gasteiger partial charge is 0.278 e. The first-order valence-electron chi connectivity index (χ1n) is 10.8. The predicted octanol–water partition coefficient (Wildman–Crippen LogP) is 2.40. The molecule has 1 aromatic carbocycles. The summed E-state index contributed by atoms with van der Waals surface area (Å²) in [5.41, 5.74) is 3.65. The van der Waals surface area contributed by atoms with Crippen molar-refractivity contribution in [2.45, 2.75) is 26.3 Å². The van der Waals surface area contributed by atoms with Crippen LogP contribution in [0.4, 0.5) is 0 Å². The van der Waals surface area contributed by atoms with Gasteiger partial charge in [-0.05, 0) is 35.9 Å². The molecule has 0 atom stereocenters. The average molecular weight is 446 g/mol. The number of hydrogen-bond acceptors (Lipinski definition) is 6. The Morgan fingerprint density at radius 2 is 1.70 bits per heavy atom. The Bertz CT molecular complexity index is 1510. The summed E-state index contributed by atoms with van der Waals surface area (Å²) in [6, 6.07) is 10.6. The van der Waals surface area contributed by atoms with E-state index in [1.807, 2.05) is 18.2 Å². The summed E-state index contributed by atoms with van der Waals surface area (Å²) in [6.45, 7) is 3.22. The standard InChI is InChI=1S/C24H22N4O5/c1-2-22(29)26-28-9-7-19-17(24(28)31)13-16-18(25-19)6-8-27(23(16)30)14-15-4-5-20-21(12-15)33-11-3-10-32-20/h4-9,12-13H,2-3,10-11,14H2,1H3,(H,26,29). The van der Waals surface area contributed by atoms with Gasteiger partial charge in [0.05, 0.1) is 41.6 Å². The van der Waals surface area contributed by atoms with Gasteiger partial charge in [-0.1, -0.05) is 13.0 Å². The third-order valence-electron chi connectivity index (χ3n) is 5.55. The van der Waals surface area contributed by atoms with Crippen LogP contribution in [0.15, 0.2) is 58.4 Å². The molecule has 33 heavy (non-hydrogen) atoms. The van der Waals surface area contributed by atoms with Gasteiger partial charge in [-0.3, -0.25) is 19.8 Å². The maximum atomic E-state index is 13.2. The first-order valence-corrected chi connectivity index (χ1v) is 10.8. The third kappa shape index (κ3) is 3.93. The molecule has 0 bridgehead atoms. The Kier molecular flexibility index (Phi) is 5.29. The van der Waals surface area contributed by atoms with Gasteiger partial charge in [0.25, 0.3) is 11.1 Å². The molecular weight excluding hydrogens is 424 g/mol. The molecule has 0 unspecified atom stereocenters. The second kappa shape index (κ2) is 8.42. The van der Waals surface area contributed by atoms with Gasteiger partial charge in [-0.25, -0.2) is 9.66 Å². The van der Waals surface area contributed by atoms with Crippen LogP contribution in [0.3, 0.4) is 0 Å². The second-order valence-electron chi connectivity index (χ2n) is 7.81. The van der Waals surface area contributed by atoms with E-state index in [0.717, 1.165) is 16.7 Å². The number of carbonyl (C=O) groups excluding carboxylic acids is 1. The highest BCUT2D eigenvalue weighted by molar-refractivity contribution is 5.92. The van der Waals surface area contributed by atoms with Crippen LogP contribution >= 0.6 is 0 Å². The van der Waals surface area contributed by atoms with Crippen LogP contribution < -0.4 is 26.0 Å². The molecule has 0 aliphatic carbocycles. The van der Waals surface area contributed by atoms with E-state index >= 15 is 0 Å². The van der Waals surface area contributed by atoms with Gasteiger partial charge >= 0.3 is 0 Å². The van der Waals surface area contributed by atoms with Crippen molar-refractivity contribution in [2.75, 3.05) is 18.6 Å². The Labute approximate surface area is 188 Å². The number of hydrogen-bond donors (Lipinski definition) is 1. The zero-order chi connectivity index (χ0) is 22.9. The summed E-state index contributed by atoms with van der Waals surface area (Å²) < 4.78 is 14.1. The molecule has 3 aromatic heterocycles. The molecule has 4 aromatic rings. The average Bonchev–Trinajstić information content (AvgIpc) is 3.07. The summed E-state index contributed by atoms with van der Waals surface area (Å²) in [4.78, 5) is 42.3. The fraction of sp³-hybridized carbons (Fsp3) is 0.250. The number of pyridine rings is 3. The van der Waals surface area contributed by atoms with E-state index in [9.17, 15) is 14.4 Å². The van der Waals surface area contributed by atoms with Gasteiger partial charge in [-0.2, -0.15) is 0 Å². The number of amides is 1. The van der Waals surface area contributed by atoms with Crippen LogP contribution in [-0.2, 0) is 11.3 Å². The van der Waals surface area contributed by atoms with Crippen molar-refractivity contribution in [1.82, 2.24) is 14.2 Å². The van der Waals surface area contributed by atoms with Gasteiger partial charge in [0.2, 0.25) is 5.91 Å². The highest BCUT2D eigenvalue weighted by atomic mass is 16.5. The Hall–Kier alpha value is -4.14. The van der Waals surface area contributed by atoms with E-state index in [0.29, 0.717) is 47.7 Å². The zero-order valence-corrected chi connectivity index (χ0v) is 18.0. The Morgan fingerprint density at radius 1 is 0.970 bits per heavy atom. The maximum absolute atomic E-state index is 13.2. The van der Waals surface area contributed by atoms with Gasteiger partial charge < -0.3 is 14.0 Å². The van der Waals surface area contributed by atoms with Crippen LogP contribution in [0.1, 0.15) is 25.3 Å². The first-order chi connectivity index (χ1) is 16.0. The van der Waals surface area contributed by atoms with E-state index in [1.165, 1.54) is 6.20 Å². The summed E-state index contributed by atoms with van der Waals surface area (Å²) >= 11 is 0. The lowest BCUT2D eigenvalue weighted by atomic mass is 10.1. The highest BCUT2D eigenvalue weighted by Crippen LogP contribution is 2.30. The molecule has 168 valence electrons. The molecule has 1 aliphatic rings. The lowest BCUT2D eigenvalue weighted by Gasteiger charge is -2.12. The Balaban J connectivity index is 1.55. The van der Waals surface area contributed by atoms with Crippen molar-refractivity contribution in [3.63, 3.8) is 0 Å². The summed E-state index contributed by atoms with van der Waals surface area (Å²) in [5.74, 6) is 1.08. The van der Waals surface area contributed by atoms with Gasteiger partial charge in [0.15, 0.2) is 11.5 Å². The molecule has 5 rings (SSSR count). The lowest BCUT2D eigenvalue weighted by Crippen LogP contribution is -2.32. The molecule has 0 radical (unpaired) electrons. The molecular formula is C24H22N4O5. The number of nitrogens with zero attached hydrogens (tertiary/aromatic N) is 3. The molecule has 0 fully saturated rings. The predicted molar refractivity (Wildman–Crippen MR) is 124 cm³/mol. The molecule has 0 spiro atoms. The van der Waals surface area contributed by atoms with Crippen molar-refractivity contribution in [2.24, 2.45) is 0 Å². The topological polar surface area (TPSA) is 104 Å². The van der Waals surface area contributed by atoms with Crippen LogP contribution in [0.5, 0.6) is 11.5 Å². The minimum atomic E-state index is -0.443. The largest absolute Gasteiger partial charge is 0.490 e. The maximum Gasteiger partial charge on any atom is 0.278 e. The summed E-state index contributed by atoms with van der Waals surface area (Å²) in [7, 11) is 0. The van der Waals surface area contributed by atoms with Gasteiger partial charge in [-0.15, -0.1) is 0 Å². The molecule has 4 heterocycles. The molecule has 9 nitrogen and oxygen atoms in total. The Morgan fingerprint density at radius 3 is 2.48 bits per heavy atom. The molecule has 9 heteroatoms. The van der Waals surface area contributed by atoms with E-state index in [1.54, 1.807) is 35.9 Å². The van der Waals surface area contributed by atoms with Gasteiger partial charge in [0.1, 0.15) is 0 Å². The van der Waals surface area contributed by atoms with Crippen LogP contribution in [-0.4, -0.2) is 33.3 Å². The molecule has 0 saturated carbocycles. The molecule has 1 N–H and O–H groups in total. The van der Waals surface area contributed by atoms with Crippen molar-refractivity contribution >= 4 is 27.7 Å². The van der Waals surface area contributed by atoms with E-state index in [-0.39, 0.29) is 23.3 Å². The first kappa shape index (κ1) is 20.7. The fourth-order valence-electron chi connectivity index (χ4n) is 3.79. The summed E-state index contributed by atoms with van der Waals surface area (Å²) in [6.07, 6.45) is 4.21. The fourth-order valence-corrected chi connectivity index (χ4v) is 3.79. The highest BCUT2D eigenvalue weighted by Gasteiger charge is 2.13. The number of aromatic nitrogens is 3. The molecule has 1 amide bonds.